The summed E-state index contributed by atoms with van der Waals surface area (Å²) in [6.07, 6.45) is 9.97. The Kier molecular flexibility index (Phi) is 8.48. The third-order valence-electron chi connectivity index (χ3n) is 4.83. The van der Waals surface area contributed by atoms with Crippen molar-refractivity contribution in [2.75, 3.05) is 7.11 Å². The maximum absolute atomic E-state index is 11.9. The third-order valence-corrected chi connectivity index (χ3v) is 4.83. The van der Waals surface area contributed by atoms with Gasteiger partial charge in [0.25, 0.3) is 0 Å². The highest BCUT2D eigenvalue weighted by atomic mass is 16.5. The molecule has 4 nitrogen and oxygen atoms in total. The van der Waals surface area contributed by atoms with E-state index >= 15 is 0 Å². The summed E-state index contributed by atoms with van der Waals surface area (Å²) in [4.78, 5) is 11.9. The number of rotatable bonds is 9. The van der Waals surface area contributed by atoms with Crippen LogP contribution < -0.4 is 4.74 Å². The van der Waals surface area contributed by atoms with Crippen LogP contribution in [0, 0.1) is 0 Å². The predicted octanol–water partition coefficient (Wildman–Crippen LogP) is 6.50. The van der Waals surface area contributed by atoms with Crippen molar-refractivity contribution >= 4 is 18.1 Å². The van der Waals surface area contributed by atoms with Gasteiger partial charge in [0.1, 0.15) is 17.1 Å². The first-order valence-corrected chi connectivity index (χ1v) is 10.0. The average Bonchev–Trinajstić information content (AvgIpc) is 2.71. The van der Waals surface area contributed by atoms with E-state index in [9.17, 15) is 15.0 Å². The Morgan fingerprint density at radius 3 is 2.37 bits per heavy atom. The first kappa shape index (κ1) is 23.0. The fourth-order valence-corrected chi connectivity index (χ4v) is 3.16. The van der Waals surface area contributed by atoms with Gasteiger partial charge in [0, 0.05) is 5.56 Å². The molecule has 158 valence electrons. The molecule has 0 aliphatic carbocycles. The summed E-state index contributed by atoms with van der Waals surface area (Å²) in [5.74, 6) is -0.949. The van der Waals surface area contributed by atoms with Gasteiger partial charge in [-0.05, 0) is 57.2 Å². The van der Waals surface area contributed by atoms with E-state index in [1.54, 1.807) is 12.1 Å². The molecule has 0 fully saturated rings. The van der Waals surface area contributed by atoms with Gasteiger partial charge in [-0.3, -0.25) is 0 Å². The number of phenols is 1. The normalized spacial score (nSPS) is 11.5. The molecule has 0 aliphatic rings. The fourth-order valence-electron chi connectivity index (χ4n) is 3.16. The van der Waals surface area contributed by atoms with E-state index in [0.717, 1.165) is 18.4 Å². The van der Waals surface area contributed by atoms with Crippen LogP contribution in [-0.2, 0) is 6.42 Å². The Morgan fingerprint density at radius 2 is 1.77 bits per heavy atom. The Labute approximate surface area is 178 Å². The zero-order valence-corrected chi connectivity index (χ0v) is 18.1. The summed E-state index contributed by atoms with van der Waals surface area (Å²) in [5, 5.41) is 20.5. The molecule has 0 amide bonds. The molecule has 0 saturated heterocycles. The van der Waals surface area contributed by atoms with E-state index in [0.29, 0.717) is 23.3 Å². The van der Waals surface area contributed by atoms with Crippen molar-refractivity contribution in [2.45, 2.75) is 40.0 Å². The second-order valence-electron chi connectivity index (χ2n) is 7.49. The number of carboxylic acid groups (broad SMARTS) is 1. The summed E-state index contributed by atoms with van der Waals surface area (Å²) in [7, 11) is 1.52. The number of benzene rings is 2. The van der Waals surface area contributed by atoms with Gasteiger partial charge in [-0.25, -0.2) is 4.79 Å². The van der Waals surface area contributed by atoms with Crippen LogP contribution in [0.25, 0.3) is 12.2 Å². The van der Waals surface area contributed by atoms with Crippen molar-refractivity contribution in [3.05, 3.63) is 82.0 Å². The zero-order chi connectivity index (χ0) is 22.1. The largest absolute Gasteiger partial charge is 0.507 e. The second kappa shape index (κ2) is 11.1. The van der Waals surface area contributed by atoms with Crippen molar-refractivity contribution in [3.8, 4) is 11.5 Å². The van der Waals surface area contributed by atoms with Crippen LogP contribution >= 0.6 is 0 Å². The number of hydrogen-bond donors (Lipinski definition) is 2. The predicted molar refractivity (Wildman–Crippen MR) is 123 cm³/mol. The summed E-state index contributed by atoms with van der Waals surface area (Å²) in [6, 6.07) is 11.2. The number of ether oxygens (including phenoxy) is 1. The molecule has 0 aromatic heterocycles. The first-order chi connectivity index (χ1) is 14.3. The monoisotopic (exact) mass is 406 g/mol. The van der Waals surface area contributed by atoms with Crippen LogP contribution in [0.4, 0.5) is 0 Å². The molecule has 0 bridgehead atoms. The lowest BCUT2D eigenvalue weighted by molar-refractivity contribution is 0.0693. The van der Waals surface area contributed by atoms with Crippen LogP contribution in [0.5, 0.6) is 11.5 Å². The number of aromatic hydroxyl groups is 1. The van der Waals surface area contributed by atoms with Crippen molar-refractivity contribution < 1.29 is 19.7 Å². The van der Waals surface area contributed by atoms with E-state index in [2.05, 4.69) is 19.9 Å². The molecule has 2 rings (SSSR count). The first-order valence-electron chi connectivity index (χ1n) is 10.0. The SMILES string of the molecule is COc1cc(/C=C/c2ccccc2)c(C(=O)O)c(O)c1C/C=C(\C)CCC=C(C)C. The molecule has 0 saturated carbocycles. The maximum Gasteiger partial charge on any atom is 0.340 e. The van der Waals surface area contributed by atoms with E-state index in [1.165, 1.54) is 18.3 Å². The quantitative estimate of drug-likeness (QED) is 0.368. The van der Waals surface area contributed by atoms with E-state index in [-0.39, 0.29) is 11.3 Å². The number of carbonyl (C=O) groups is 1. The highest BCUT2D eigenvalue weighted by Crippen LogP contribution is 2.36. The highest BCUT2D eigenvalue weighted by Gasteiger charge is 2.21. The van der Waals surface area contributed by atoms with E-state index < -0.39 is 5.97 Å². The zero-order valence-electron chi connectivity index (χ0n) is 18.1. The highest BCUT2D eigenvalue weighted by molar-refractivity contribution is 5.97. The van der Waals surface area contributed by atoms with Crippen LogP contribution in [0.3, 0.4) is 0 Å². The van der Waals surface area contributed by atoms with Crippen LogP contribution in [0.1, 0.15) is 60.7 Å². The molecular weight excluding hydrogens is 376 g/mol. The molecule has 2 aromatic carbocycles. The Bertz CT molecular complexity index is 962. The van der Waals surface area contributed by atoms with Crippen LogP contribution in [-0.4, -0.2) is 23.3 Å². The molecule has 0 aliphatic heterocycles. The summed E-state index contributed by atoms with van der Waals surface area (Å²) in [5.41, 5.74) is 4.16. The van der Waals surface area contributed by atoms with Crippen molar-refractivity contribution in [2.24, 2.45) is 0 Å². The van der Waals surface area contributed by atoms with Crippen molar-refractivity contribution in [3.63, 3.8) is 0 Å². The van der Waals surface area contributed by atoms with Gasteiger partial charge >= 0.3 is 5.97 Å². The molecule has 0 radical (unpaired) electrons. The van der Waals surface area contributed by atoms with Gasteiger partial charge < -0.3 is 14.9 Å². The topological polar surface area (TPSA) is 66.8 Å². The Balaban J connectivity index is 2.38. The summed E-state index contributed by atoms with van der Waals surface area (Å²) in [6.45, 7) is 6.18. The molecule has 0 heterocycles. The minimum Gasteiger partial charge on any atom is -0.507 e. The number of methoxy groups -OCH3 is 1. The molecule has 4 heteroatoms. The lowest BCUT2D eigenvalue weighted by Gasteiger charge is -2.14. The van der Waals surface area contributed by atoms with Crippen molar-refractivity contribution in [1.82, 2.24) is 0 Å². The smallest absolute Gasteiger partial charge is 0.340 e. The van der Waals surface area contributed by atoms with E-state index in [4.69, 9.17) is 4.74 Å². The van der Waals surface area contributed by atoms with E-state index in [1.807, 2.05) is 49.4 Å². The fraction of sp³-hybridized carbons (Fsp3) is 0.269. The summed E-state index contributed by atoms with van der Waals surface area (Å²) < 4.78 is 5.47. The van der Waals surface area contributed by atoms with Gasteiger partial charge in [0.15, 0.2) is 0 Å². The van der Waals surface area contributed by atoms with Crippen LogP contribution in [0.15, 0.2) is 59.7 Å². The summed E-state index contributed by atoms with van der Waals surface area (Å²) >= 11 is 0. The van der Waals surface area contributed by atoms with Crippen LogP contribution in [0.2, 0.25) is 0 Å². The Morgan fingerprint density at radius 1 is 1.07 bits per heavy atom. The van der Waals surface area contributed by atoms with Gasteiger partial charge in [-0.15, -0.1) is 0 Å². The average molecular weight is 407 g/mol. The molecule has 0 atom stereocenters. The molecule has 0 unspecified atom stereocenters. The number of hydrogen-bond acceptors (Lipinski definition) is 3. The van der Waals surface area contributed by atoms with Gasteiger partial charge in [-0.2, -0.15) is 0 Å². The number of carboxylic acids is 1. The molecule has 2 N–H and O–H groups in total. The number of aromatic carboxylic acids is 1. The standard InChI is InChI=1S/C26H30O4/c1-18(2)9-8-10-19(3)13-16-22-23(30-4)17-21(24(25(22)27)26(28)29)15-14-20-11-6-5-7-12-20/h5-7,9,11-15,17,27H,8,10,16H2,1-4H3,(H,28,29)/b15-14+,19-13+. The van der Waals surface area contributed by atoms with Gasteiger partial charge in [0.2, 0.25) is 0 Å². The minimum atomic E-state index is -1.17. The van der Waals surface area contributed by atoms with Gasteiger partial charge in [0.05, 0.1) is 7.11 Å². The lowest BCUT2D eigenvalue weighted by atomic mass is 9.97. The van der Waals surface area contributed by atoms with Crippen molar-refractivity contribution in [1.29, 1.82) is 0 Å². The third kappa shape index (κ3) is 6.38. The molecular formula is C26H30O4. The molecule has 0 spiro atoms. The molecule has 30 heavy (non-hydrogen) atoms. The molecule has 2 aromatic rings. The Hall–Kier alpha value is -3.27. The number of allylic oxidation sites excluding steroid dienone is 4. The lowest BCUT2D eigenvalue weighted by Crippen LogP contribution is -2.04. The maximum atomic E-state index is 11.9. The minimum absolute atomic E-state index is 0.117. The van der Waals surface area contributed by atoms with Gasteiger partial charge in [-0.1, -0.05) is 65.8 Å². The second-order valence-corrected chi connectivity index (χ2v) is 7.49.